The van der Waals surface area contributed by atoms with Crippen molar-refractivity contribution < 1.29 is 13.9 Å². The fourth-order valence-electron chi connectivity index (χ4n) is 0.628. The van der Waals surface area contributed by atoms with Gasteiger partial charge < -0.3 is 9.15 Å². The van der Waals surface area contributed by atoms with Gasteiger partial charge in [0.05, 0.1) is 13.4 Å². The van der Waals surface area contributed by atoms with Crippen LogP contribution in [0.5, 0.6) is 0 Å². The summed E-state index contributed by atoms with van der Waals surface area (Å²) in [5.41, 5.74) is 0. The molecule has 0 N–H and O–H groups in total. The first-order valence-electron chi connectivity index (χ1n) is 2.92. The van der Waals surface area contributed by atoms with Crippen LogP contribution < -0.4 is 0 Å². The molecule has 0 aliphatic heterocycles. The Balaban J connectivity index is 2.48. The first-order valence-corrected chi connectivity index (χ1v) is 2.92. The smallest absolute Gasteiger partial charge is 0.313 e. The Morgan fingerprint density at radius 1 is 1.80 bits per heavy atom. The lowest BCUT2D eigenvalue weighted by molar-refractivity contribution is -0.140. The van der Waals surface area contributed by atoms with Crippen LogP contribution in [-0.4, -0.2) is 13.1 Å². The second-order valence-electron chi connectivity index (χ2n) is 1.83. The molecule has 0 saturated carbocycles. The summed E-state index contributed by atoms with van der Waals surface area (Å²) < 4.78 is 9.33. The fourth-order valence-corrected chi connectivity index (χ4v) is 0.628. The second-order valence-corrected chi connectivity index (χ2v) is 1.83. The van der Waals surface area contributed by atoms with Crippen molar-refractivity contribution in [2.75, 3.05) is 7.11 Å². The molecule has 1 aromatic heterocycles. The lowest BCUT2D eigenvalue weighted by Gasteiger charge is -1.93. The van der Waals surface area contributed by atoms with Crippen molar-refractivity contribution in [1.82, 2.24) is 0 Å². The molecule has 10 heavy (non-hydrogen) atoms. The number of methoxy groups -OCH3 is 1. The Bertz CT molecular complexity index is 201. The first kappa shape index (κ1) is 6.86. The van der Waals surface area contributed by atoms with Crippen molar-refractivity contribution in [2.45, 2.75) is 6.42 Å². The van der Waals surface area contributed by atoms with E-state index in [9.17, 15) is 4.79 Å². The lowest BCUT2D eigenvalue weighted by atomic mass is 10.3. The van der Waals surface area contributed by atoms with Gasteiger partial charge in [-0.05, 0) is 12.1 Å². The molecule has 1 rings (SSSR count). The van der Waals surface area contributed by atoms with Gasteiger partial charge in [-0.3, -0.25) is 4.79 Å². The summed E-state index contributed by atoms with van der Waals surface area (Å²) in [5, 5.41) is 0. The molecule has 0 saturated heterocycles. The van der Waals surface area contributed by atoms with Gasteiger partial charge in [0, 0.05) is 0 Å². The number of hydrogen-bond acceptors (Lipinski definition) is 3. The average Bonchev–Trinajstić information content (AvgIpc) is 2.40. The molecule has 0 atom stereocenters. The largest absolute Gasteiger partial charge is 0.469 e. The molecular weight excluding hydrogens is 132 g/mol. The highest BCUT2D eigenvalue weighted by atomic mass is 16.5. The normalized spacial score (nSPS) is 9.30. The Morgan fingerprint density at radius 2 is 2.60 bits per heavy atom. The van der Waals surface area contributed by atoms with Crippen LogP contribution in [0.25, 0.3) is 0 Å². The van der Waals surface area contributed by atoms with E-state index in [-0.39, 0.29) is 12.4 Å². The zero-order valence-corrected chi connectivity index (χ0v) is 5.66. The van der Waals surface area contributed by atoms with Crippen molar-refractivity contribution in [2.24, 2.45) is 0 Å². The van der Waals surface area contributed by atoms with Gasteiger partial charge >= 0.3 is 5.97 Å². The summed E-state index contributed by atoms with van der Waals surface area (Å²) in [6, 6.07) is 3.47. The van der Waals surface area contributed by atoms with E-state index in [1.165, 1.54) is 13.4 Å². The molecule has 1 heterocycles. The van der Waals surface area contributed by atoms with Gasteiger partial charge in [-0.2, -0.15) is 0 Å². The third kappa shape index (κ3) is 1.62. The topological polar surface area (TPSA) is 39.4 Å². The summed E-state index contributed by atoms with van der Waals surface area (Å²) in [5.74, 6) is 0.349. The van der Waals surface area contributed by atoms with E-state index in [1.807, 2.05) is 0 Å². The number of furan rings is 1. The zero-order valence-electron chi connectivity index (χ0n) is 5.66. The predicted octanol–water partition coefficient (Wildman–Crippen LogP) is 0.995. The molecule has 0 bridgehead atoms. The number of rotatable bonds is 2. The molecule has 1 aromatic rings. The van der Waals surface area contributed by atoms with Gasteiger partial charge in [-0.25, -0.2) is 0 Å². The van der Waals surface area contributed by atoms with Crippen molar-refractivity contribution in [3.8, 4) is 0 Å². The zero-order chi connectivity index (χ0) is 7.40. The van der Waals surface area contributed by atoms with Crippen LogP contribution in [0, 0.1) is 0 Å². The van der Waals surface area contributed by atoms with E-state index in [4.69, 9.17) is 4.42 Å². The molecule has 0 aliphatic rings. The minimum atomic E-state index is -0.282. The predicted molar refractivity (Wildman–Crippen MR) is 34.4 cm³/mol. The third-order valence-electron chi connectivity index (χ3n) is 1.13. The summed E-state index contributed by atoms with van der Waals surface area (Å²) in [6.07, 6.45) is 1.74. The molecule has 0 amide bonds. The number of carbonyl (C=O) groups is 1. The summed E-state index contributed by atoms with van der Waals surface area (Å²) in [7, 11) is 1.35. The van der Waals surface area contributed by atoms with Crippen LogP contribution in [0.1, 0.15) is 5.76 Å². The monoisotopic (exact) mass is 140 g/mol. The molecule has 0 aromatic carbocycles. The quantitative estimate of drug-likeness (QED) is 0.575. The molecule has 0 aliphatic carbocycles. The maximum atomic E-state index is 10.6. The molecule has 0 unspecified atom stereocenters. The SMILES string of the molecule is COC(=O)Cc1ccco1. The van der Waals surface area contributed by atoms with Gasteiger partial charge in [0.2, 0.25) is 0 Å². The highest BCUT2D eigenvalue weighted by Crippen LogP contribution is 2.00. The van der Waals surface area contributed by atoms with Crippen LogP contribution in [0.15, 0.2) is 22.8 Å². The molecule has 54 valence electrons. The molecule has 3 nitrogen and oxygen atoms in total. The minimum absolute atomic E-state index is 0.212. The Morgan fingerprint density at radius 3 is 3.10 bits per heavy atom. The standard InChI is InChI=1S/C7H8O3/c1-9-7(8)5-6-3-2-4-10-6/h2-4H,5H2,1H3. The molecule has 0 spiro atoms. The van der Waals surface area contributed by atoms with Crippen LogP contribution in [0.2, 0.25) is 0 Å². The maximum absolute atomic E-state index is 10.6. The minimum Gasteiger partial charge on any atom is -0.469 e. The van der Waals surface area contributed by atoms with E-state index in [2.05, 4.69) is 4.74 Å². The Kier molecular flexibility index (Phi) is 2.10. The van der Waals surface area contributed by atoms with Crippen LogP contribution >= 0.6 is 0 Å². The number of esters is 1. The number of ether oxygens (including phenoxy) is 1. The highest BCUT2D eigenvalue weighted by Gasteiger charge is 2.03. The first-order chi connectivity index (χ1) is 4.83. The molecule has 0 radical (unpaired) electrons. The van der Waals surface area contributed by atoms with Gasteiger partial charge in [-0.15, -0.1) is 0 Å². The second kappa shape index (κ2) is 3.06. The Labute approximate surface area is 58.6 Å². The number of carbonyl (C=O) groups excluding carboxylic acids is 1. The van der Waals surface area contributed by atoms with Crippen LogP contribution in [-0.2, 0) is 16.0 Å². The summed E-state index contributed by atoms with van der Waals surface area (Å²) in [4.78, 5) is 10.6. The fraction of sp³-hybridized carbons (Fsp3) is 0.286. The maximum Gasteiger partial charge on any atom is 0.313 e. The van der Waals surface area contributed by atoms with E-state index < -0.39 is 0 Å². The third-order valence-corrected chi connectivity index (χ3v) is 1.13. The molecular formula is C7H8O3. The van der Waals surface area contributed by atoms with Crippen LogP contribution in [0.3, 0.4) is 0 Å². The number of hydrogen-bond donors (Lipinski definition) is 0. The van der Waals surface area contributed by atoms with Gasteiger partial charge in [0.25, 0.3) is 0 Å². The van der Waals surface area contributed by atoms with E-state index in [0.717, 1.165) is 0 Å². The molecule has 0 fully saturated rings. The van der Waals surface area contributed by atoms with Gasteiger partial charge in [0.1, 0.15) is 12.2 Å². The Hall–Kier alpha value is -1.25. The van der Waals surface area contributed by atoms with Gasteiger partial charge in [-0.1, -0.05) is 0 Å². The van der Waals surface area contributed by atoms with Crippen LogP contribution in [0.4, 0.5) is 0 Å². The molecule has 3 heteroatoms. The van der Waals surface area contributed by atoms with E-state index >= 15 is 0 Å². The van der Waals surface area contributed by atoms with E-state index in [0.29, 0.717) is 5.76 Å². The highest BCUT2D eigenvalue weighted by molar-refractivity contribution is 5.71. The van der Waals surface area contributed by atoms with Crippen molar-refractivity contribution in [3.05, 3.63) is 24.2 Å². The lowest BCUT2D eigenvalue weighted by Crippen LogP contribution is -2.02. The average molecular weight is 140 g/mol. The van der Waals surface area contributed by atoms with Crippen molar-refractivity contribution in [3.63, 3.8) is 0 Å². The van der Waals surface area contributed by atoms with Crippen molar-refractivity contribution >= 4 is 5.97 Å². The summed E-state index contributed by atoms with van der Waals surface area (Å²) in [6.45, 7) is 0. The van der Waals surface area contributed by atoms with Gasteiger partial charge in [0.15, 0.2) is 0 Å². The summed E-state index contributed by atoms with van der Waals surface area (Å²) >= 11 is 0. The van der Waals surface area contributed by atoms with Crippen molar-refractivity contribution in [1.29, 1.82) is 0 Å². The van der Waals surface area contributed by atoms with E-state index in [1.54, 1.807) is 12.1 Å².